The molecule has 0 aromatic heterocycles. The molecule has 0 saturated heterocycles. The van der Waals surface area contributed by atoms with Crippen molar-refractivity contribution in [3.8, 4) is 6.07 Å². The molecule has 0 atom stereocenters. The average molecular weight is 231 g/mol. The van der Waals surface area contributed by atoms with Gasteiger partial charge >= 0.3 is 0 Å². The first kappa shape index (κ1) is 8.38. The van der Waals surface area contributed by atoms with Crippen molar-refractivity contribution in [1.29, 1.82) is 5.26 Å². The number of rotatable bonds is 0. The van der Waals surface area contributed by atoms with Gasteiger partial charge in [0.2, 0.25) is 0 Å². The zero-order chi connectivity index (χ0) is 8.43. The smallest absolute Gasteiger partial charge is 0.101 e. The van der Waals surface area contributed by atoms with Gasteiger partial charge in [-0.15, -0.1) is 0 Å². The van der Waals surface area contributed by atoms with Gasteiger partial charge in [0.05, 0.1) is 10.6 Å². The number of nitrogens with zero attached hydrogens (tertiary/aromatic N) is 1. The third kappa shape index (κ3) is 1.65. The van der Waals surface area contributed by atoms with Crippen molar-refractivity contribution < 1.29 is 0 Å². The van der Waals surface area contributed by atoms with Gasteiger partial charge in [0.1, 0.15) is 6.07 Å². The Bertz CT molecular complexity index is 330. The summed E-state index contributed by atoms with van der Waals surface area (Å²) >= 11 is 8.91. The third-order valence-corrected chi connectivity index (χ3v) is 2.43. The van der Waals surface area contributed by atoms with E-state index in [9.17, 15) is 0 Å². The van der Waals surface area contributed by atoms with E-state index in [2.05, 4.69) is 15.9 Å². The first-order valence-corrected chi connectivity index (χ1v) is 3.97. The van der Waals surface area contributed by atoms with E-state index in [0.717, 1.165) is 0 Å². The first-order chi connectivity index (χ1) is 5.15. The SMILES string of the molecule is N#Cc1cc(N)cc(Br)c1Cl. The zero-order valence-electron chi connectivity index (χ0n) is 5.44. The number of nitrogens with two attached hydrogens (primary N) is 1. The van der Waals surface area contributed by atoms with E-state index >= 15 is 0 Å². The summed E-state index contributed by atoms with van der Waals surface area (Å²) < 4.78 is 0.649. The van der Waals surface area contributed by atoms with Crippen LogP contribution in [0.5, 0.6) is 0 Å². The number of halogens is 2. The maximum absolute atomic E-state index is 8.56. The van der Waals surface area contributed by atoms with Crippen molar-refractivity contribution in [3.05, 3.63) is 27.2 Å². The zero-order valence-corrected chi connectivity index (χ0v) is 7.78. The van der Waals surface area contributed by atoms with Gasteiger partial charge < -0.3 is 5.73 Å². The number of benzene rings is 1. The van der Waals surface area contributed by atoms with Gasteiger partial charge in [0.15, 0.2) is 0 Å². The molecule has 0 unspecified atom stereocenters. The molecule has 0 fully saturated rings. The summed E-state index contributed by atoms with van der Waals surface area (Å²) in [6.07, 6.45) is 0. The molecule has 2 nitrogen and oxygen atoms in total. The second kappa shape index (κ2) is 3.12. The summed E-state index contributed by atoms with van der Waals surface area (Å²) in [4.78, 5) is 0. The fourth-order valence-electron chi connectivity index (χ4n) is 0.691. The van der Waals surface area contributed by atoms with Crippen LogP contribution in [0.15, 0.2) is 16.6 Å². The van der Waals surface area contributed by atoms with Crippen LogP contribution in [-0.2, 0) is 0 Å². The Morgan fingerprint density at radius 3 is 2.73 bits per heavy atom. The predicted molar refractivity (Wildman–Crippen MR) is 48.3 cm³/mol. The van der Waals surface area contributed by atoms with Crippen molar-refractivity contribution in [2.75, 3.05) is 5.73 Å². The summed E-state index contributed by atoms with van der Waals surface area (Å²) in [7, 11) is 0. The number of anilines is 1. The molecule has 0 radical (unpaired) electrons. The van der Waals surface area contributed by atoms with Crippen LogP contribution < -0.4 is 5.73 Å². The van der Waals surface area contributed by atoms with Crippen molar-refractivity contribution in [2.24, 2.45) is 0 Å². The lowest BCUT2D eigenvalue weighted by molar-refractivity contribution is 1.47. The highest BCUT2D eigenvalue weighted by Gasteiger charge is 2.04. The number of nitrogen functional groups attached to an aromatic ring is 1. The van der Waals surface area contributed by atoms with E-state index in [1.54, 1.807) is 6.07 Å². The van der Waals surface area contributed by atoms with Crippen LogP contribution >= 0.6 is 27.5 Å². The molecule has 56 valence electrons. The van der Waals surface area contributed by atoms with Crippen LogP contribution in [0.25, 0.3) is 0 Å². The molecule has 0 spiro atoms. The van der Waals surface area contributed by atoms with E-state index in [1.165, 1.54) is 6.07 Å². The molecule has 1 aromatic rings. The van der Waals surface area contributed by atoms with Gasteiger partial charge in [-0.25, -0.2) is 0 Å². The fraction of sp³-hybridized carbons (Fsp3) is 0. The molecule has 11 heavy (non-hydrogen) atoms. The Hall–Kier alpha value is -0.720. The molecule has 1 rings (SSSR count). The van der Waals surface area contributed by atoms with Gasteiger partial charge in [-0.1, -0.05) is 11.6 Å². The highest BCUT2D eigenvalue weighted by atomic mass is 79.9. The van der Waals surface area contributed by atoms with E-state index < -0.39 is 0 Å². The fourth-order valence-corrected chi connectivity index (χ4v) is 1.32. The van der Waals surface area contributed by atoms with E-state index in [0.29, 0.717) is 20.7 Å². The summed E-state index contributed by atoms with van der Waals surface area (Å²) in [6.45, 7) is 0. The maximum atomic E-state index is 8.56. The van der Waals surface area contributed by atoms with Crippen LogP contribution in [0, 0.1) is 11.3 Å². The summed E-state index contributed by atoms with van der Waals surface area (Å²) in [6, 6.07) is 5.13. The number of nitriles is 1. The van der Waals surface area contributed by atoms with Crippen LogP contribution in [0.1, 0.15) is 5.56 Å². The van der Waals surface area contributed by atoms with Crippen LogP contribution in [0.3, 0.4) is 0 Å². The van der Waals surface area contributed by atoms with Gasteiger partial charge in [0, 0.05) is 10.2 Å². The lowest BCUT2D eigenvalue weighted by atomic mass is 10.2. The Morgan fingerprint density at radius 2 is 2.18 bits per heavy atom. The molecule has 0 saturated carbocycles. The molecule has 4 heteroatoms. The van der Waals surface area contributed by atoms with E-state index in [4.69, 9.17) is 22.6 Å². The largest absolute Gasteiger partial charge is 0.399 e. The van der Waals surface area contributed by atoms with E-state index in [-0.39, 0.29) is 0 Å². The maximum Gasteiger partial charge on any atom is 0.101 e. The molecule has 0 amide bonds. The number of hydrogen-bond acceptors (Lipinski definition) is 2. The topological polar surface area (TPSA) is 49.8 Å². The Labute approximate surface area is 77.7 Å². The minimum Gasteiger partial charge on any atom is -0.399 e. The van der Waals surface area contributed by atoms with E-state index in [1.807, 2.05) is 6.07 Å². The predicted octanol–water partition coefficient (Wildman–Crippen LogP) is 2.56. The molecular weight excluding hydrogens is 227 g/mol. The molecule has 0 aliphatic carbocycles. The highest BCUT2D eigenvalue weighted by Crippen LogP contribution is 2.28. The van der Waals surface area contributed by atoms with Gasteiger partial charge in [-0.2, -0.15) is 5.26 Å². The molecule has 0 aliphatic heterocycles. The first-order valence-electron chi connectivity index (χ1n) is 2.79. The monoisotopic (exact) mass is 230 g/mol. The second-order valence-corrected chi connectivity index (χ2v) is 3.21. The molecular formula is C7H4BrClN2. The number of hydrogen-bond donors (Lipinski definition) is 1. The average Bonchev–Trinajstić information content (AvgIpc) is 1.96. The minimum absolute atomic E-state index is 0.388. The highest BCUT2D eigenvalue weighted by molar-refractivity contribution is 9.10. The van der Waals surface area contributed by atoms with Crippen LogP contribution in [0.2, 0.25) is 5.02 Å². The lowest BCUT2D eigenvalue weighted by Gasteiger charge is -1.99. The molecule has 0 bridgehead atoms. The van der Waals surface area contributed by atoms with Crippen LogP contribution in [-0.4, -0.2) is 0 Å². The summed E-state index contributed by atoms with van der Waals surface area (Å²) in [5.41, 5.74) is 6.38. The standard InChI is InChI=1S/C7H4BrClN2/c8-6-2-5(11)1-4(3-10)7(6)9/h1-2H,11H2. The lowest BCUT2D eigenvalue weighted by Crippen LogP contribution is -1.87. The summed E-state index contributed by atoms with van der Waals surface area (Å²) in [5, 5.41) is 8.96. The normalized spacial score (nSPS) is 9.18. The third-order valence-electron chi connectivity index (χ3n) is 1.17. The van der Waals surface area contributed by atoms with Crippen molar-refractivity contribution >= 4 is 33.2 Å². The van der Waals surface area contributed by atoms with Crippen molar-refractivity contribution in [3.63, 3.8) is 0 Å². The second-order valence-electron chi connectivity index (χ2n) is 1.98. The Morgan fingerprint density at radius 1 is 1.55 bits per heavy atom. The minimum atomic E-state index is 0.388. The Balaban J connectivity index is 3.39. The summed E-state index contributed by atoms with van der Waals surface area (Å²) in [5.74, 6) is 0. The van der Waals surface area contributed by atoms with Gasteiger partial charge in [-0.3, -0.25) is 0 Å². The van der Waals surface area contributed by atoms with Crippen molar-refractivity contribution in [2.45, 2.75) is 0 Å². The quantitative estimate of drug-likeness (QED) is 0.698. The van der Waals surface area contributed by atoms with Gasteiger partial charge in [0.25, 0.3) is 0 Å². The van der Waals surface area contributed by atoms with Gasteiger partial charge in [-0.05, 0) is 28.1 Å². The Kier molecular flexibility index (Phi) is 2.38. The van der Waals surface area contributed by atoms with Crippen LogP contribution in [0.4, 0.5) is 5.69 Å². The molecule has 2 N–H and O–H groups in total. The molecule has 0 aliphatic rings. The molecule has 1 aromatic carbocycles. The molecule has 0 heterocycles. The van der Waals surface area contributed by atoms with Crippen molar-refractivity contribution in [1.82, 2.24) is 0 Å².